The zero-order valence-corrected chi connectivity index (χ0v) is 24.5. The van der Waals surface area contributed by atoms with Gasteiger partial charge < -0.3 is 14.6 Å². The van der Waals surface area contributed by atoms with Crippen LogP contribution < -0.4 is 14.4 Å². The number of aliphatic hydroxyl groups excluding tert-OH is 1. The Morgan fingerprint density at radius 2 is 1.66 bits per heavy atom. The number of hydrogen-bond donors (Lipinski definition) is 1. The molecule has 1 unspecified atom stereocenters. The third kappa shape index (κ3) is 5.98. The zero-order valence-electron chi connectivity index (χ0n) is 22.9. The second kappa shape index (κ2) is 12.6. The first-order chi connectivity index (χ1) is 19.9. The normalized spacial score (nSPS) is 16.3. The number of ketones is 1. The van der Waals surface area contributed by atoms with E-state index in [1.54, 1.807) is 30.3 Å². The van der Waals surface area contributed by atoms with Gasteiger partial charge in [-0.1, -0.05) is 89.3 Å². The highest BCUT2D eigenvalue weighted by atomic mass is 32.2. The Morgan fingerprint density at radius 3 is 2.37 bits per heavy atom. The van der Waals surface area contributed by atoms with Gasteiger partial charge in [0.05, 0.1) is 24.8 Å². The van der Waals surface area contributed by atoms with E-state index in [4.69, 9.17) is 9.47 Å². The molecular weight excluding hydrogens is 558 g/mol. The second-order valence-corrected chi connectivity index (χ2v) is 11.4. The number of anilines is 1. The molecule has 10 heteroatoms. The predicted octanol–water partition coefficient (Wildman–Crippen LogP) is 6.56. The number of benzene rings is 3. The number of amides is 1. The predicted molar refractivity (Wildman–Crippen MR) is 161 cm³/mol. The first-order valence-corrected chi connectivity index (χ1v) is 15.0. The van der Waals surface area contributed by atoms with Crippen LogP contribution in [0.2, 0.25) is 0 Å². The molecule has 1 aliphatic rings. The van der Waals surface area contributed by atoms with E-state index in [1.165, 1.54) is 28.0 Å². The van der Waals surface area contributed by atoms with Crippen LogP contribution in [-0.4, -0.2) is 40.2 Å². The van der Waals surface area contributed by atoms with Crippen LogP contribution in [0, 0.1) is 6.92 Å². The lowest BCUT2D eigenvalue weighted by molar-refractivity contribution is -0.132. The summed E-state index contributed by atoms with van der Waals surface area (Å²) in [5.41, 5.74) is 3.11. The third-order valence-electron chi connectivity index (χ3n) is 6.46. The van der Waals surface area contributed by atoms with Gasteiger partial charge in [0.25, 0.3) is 5.78 Å². The van der Waals surface area contributed by atoms with Crippen molar-refractivity contribution in [1.82, 2.24) is 10.2 Å². The van der Waals surface area contributed by atoms with Gasteiger partial charge in [0.15, 0.2) is 15.8 Å². The van der Waals surface area contributed by atoms with Gasteiger partial charge in [-0.15, -0.1) is 10.2 Å². The number of thioether (sulfide) groups is 1. The number of hydrogen-bond acceptors (Lipinski definition) is 9. The van der Waals surface area contributed by atoms with E-state index in [0.29, 0.717) is 45.9 Å². The van der Waals surface area contributed by atoms with Crippen molar-refractivity contribution in [2.24, 2.45) is 0 Å². The molecule has 8 nitrogen and oxygen atoms in total. The number of nitrogens with zero attached hydrogens (tertiary/aromatic N) is 3. The van der Waals surface area contributed by atoms with Crippen LogP contribution in [0.15, 0.2) is 82.7 Å². The summed E-state index contributed by atoms with van der Waals surface area (Å²) in [7, 11) is 0. The van der Waals surface area contributed by atoms with Crippen molar-refractivity contribution in [2.45, 2.75) is 36.9 Å². The maximum Gasteiger partial charge on any atom is 0.301 e. The standard InChI is InChI=1S/C31H29N3O5S2/c1-4-38-23-16-15-22(17-24(23)39-5-2)26-25(27(35)21-13-11-19(3)12-14-21)28(36)29(37)34(26)30-32-33-31(41-30)40-18-20-9-7-6-8-10-20/h6-17,26,35H,4-5,18H2,1-3H3. The number of ether oxygens (including phenoxy) is 2. The molecule has 1 fully saturated rings. The van der Waals surface area contributed by atoms with Gasteiger partial charge in [-0.05, 0) is 44.0 Å². The summed E-state index contributed by atoms with van der Waals surface area (Å²) in [6, 6.07) is 21.4. The third-order valence-corrected chi connectivity index (χ3v) is 8.59. The number of rotatable bonds is 10. The summed E-state index contributed by atoms with van der Waals surface area (Å²) in [4.78, 5) is 28.4. The van der Waals surface area contributed by atoms with Gasteiger partial charge in [0, 0.05) is 11.3 Å². The fraction of sp³-hybridized carbons (Fsp3) is 0.226. The fourth-order valence-electron chi connectivity index (χ4n) is 4.53. The Balaban J connectivity index is 1.59. The second-order valence-electron chi connectivity index (χ2n) is 9.23. The van der Waals surface area contributed by atoms with Gasteiger partial charge in [-0.25, -0.2) is 0 Å². The van der Waals surface area contributed by atoms with Crippen LogP contribution in [0.3, 0.4) is 0 Å². The fourth-order valence-corrected chi connectivity index (χ4v) is 6.35. The first-order valence-electron chi connectivity index (χ1n) is 13.2. The molecule has 0 spiro atoms. The van der Waals surface area contributed by atoms with Crippen molar-refractivity contribution >= 4 is 45.7 Å². The molecule has 5 rings (SSSR count). The van der Waals surface area contributed by atoms with Gasteiger partial charge >= 0.3 is 5.91 Å². The molecule has 4 aromatic rings. The van der Waals surface area contributed by atoms with Gasteiger partial charge in [-0.3, -0.25) is 14.5 Å². The summed E-state index contributed by atoms with van der Waals surface area (Å²) in [6.45, 7) is 6.51. The summed E-state index contributed by atoms with van der Waals surface area (Å²) in [6.07, 6.45) is 0. The van der Waals surface area contributed by atoms with Crippen molar-refractivity contribution in [2.75, 3.05) is 18.1 Å². The van der Waals surface area contributed by atoms with E-state index in [9.17, 15) is 14.7 Å². The van der Waals surface area contributed by atoms with Crippen LogP contribution in [0.5, 0.6) is 11.5 Å². The maximum atomic E-state index is 13.6. The number of Topliss-reactive ketones (excluding diaryl/α,β-unsaturated/α-hetero) is 1. The highest BCUT2D eigenvalue weighted by Gasteiger charge is 2.48. The number of carbonyl (C=O) groups excluding carboxylic acids is 2. The minimum Gasteiger partial charge on any atom is -0.507 e. The molecule has 1 saturated heterocycles. The molecule has 1 atom stereocenters. The Labute approximate surface area is 246 Å². The van der Waals surface area contributed by atoms with E-state index < -0.39 is 17.7 Å². The largest absolute Gasteiger partial charge is 0.507 e. The highest BCUT2D eigenvalue weighted by molar-refractivity contribution is 8.00. The van der Waals surface area contributed by atoms with Crippen LogP contribution in [0.4, 0.5) is 5.13 Å². The Morgan fingerprint density at radius 1 is 0.951 bits per heavy atom. The molecule has 1 aromatic heterocycles. The van der Waals surface area contributed by atoms with E-state index in [0.717, 1.165) is 11.1 Å². The molecule has 1 aliphatic heterocycles. The van der Waals surface area contributed by atoms with Crippen molar-refractivity contribution in [3.8, 4) is 11.5 Å². The molecular formula is C31H29N3O5S2. The lowest BCUT2D eigenvalue weighted by atomic mass is 9.95. The average molecular weight is 588 g/mol. The van der Waals surface area contributed by atoms with Crippen LogP contribution in [0.25, 0.3) is 5.76 Å². The molecule has 0 radical (unpaired) electrons. The Hall–Kier alpha value is -4.15. The highest BCUT2D eigenvalue weighted by Crippen LogP contribution is 2.45. The Kier molecular flexibility index (Phi) is 8.70. The average Bonchev–Trinajstić information content (AvgIpc) is 3.55. The molecule has 1 amide bonds. The molecule has 0 saturated carbocycles. The van der Waals surface area contributed by atoms with Gasteiger partial charge in [-0.2, -0.15) is 0 Å². The molecule has 1 N–H and O–H groups in total. The zero-order chi connectivity index (χ0) is 28.9. The number of aromatic nitrogens is 2. The lowest BCUT2D eigenvalue weighted by Crippen LogP contribution is -2.29. The van der Waals surface area contributed by atoms with Crippen molar-refractivity contribution in [3.63, 3.8) is 0 Å². The van der Waals surface area contributed by atoms with E-state index >= 15 is 0 Å². The van der Waals surface area contributed by atoms with Gasteiger partial charge in [0.1, 0.15) is 5.76 Å². The molecule has 3 aromatic carbocycles. The van der Waals surface area contributed by atoms with Crippen molar-refractivity contribution in [3.05, 3.63) is 101 Å². The molecule has 0 bridgehead atoms. The van der Waals surface area contributed by atoms with Crippen LogP contribution in [-0.2, 0) is 15.3 Å². The smallest absolute Gasteiger partial charge is 0.301 e. The minimum atomic E-state index is -0.953. The van der Waals surface area contributed by atoms with E-state index in [2.05, 4.69) is 10.2 Å². The van der Waals surface area contributed by atoms with Crippen LogP contribution >= 0.6 is 23.1 Å². The summed E-state index contributed by atoms with van der Waals surface area (Å²) >= 11 is 2.72. The summed E-state index contributed by atoms with van der Waals surface area (Å²) < 4.78 is 12.2. The first kappa shape index (κ1) is 28.4. The number of aliphatic hydroxyl groups is 1. The van der Waals surface area contributed by atoms with Crippen LogP contribution in [0.1, 0.15) is 42.1 Å². The molecule has 210 valence electrons. The quantitative estimate of drug-likeness (QED) is 0.0732. The van der Waals surface area contributed by atoms with Crippen molar-refractivity contribution in [1.29, 1.82) is 0 Å². The Bertz CT molecular complexity index is 1590. The molecule has 41 heavy (non-hydrogen) atoms. The summed E-state index contributed by atoms with van der Waals surface area (Å²) in [5, 5.41) is 20.3. The molecule has 2 heterocycles. The summed E-state index contributed by atoms with van der Waals surface area (Å²) in [5.74, 6) is -0.138. The molecule has 0 aliphatic carbocycles. The minimum absolute atomic E-state index is 0.0286. The van der Waals surface area contributed by atoms with Crippen molar-refractivity contribution < 1.29 is 24.2 Å². The maximum absolute atomic E-state index is 13.6. The van der Waals surface area contributed by atoms with E-state index in [-0.39, 0.29) is 16.5 Å². The lowest BCUT2D eigenvalue weighted by Gasteiger charge is -2.23. The number of carbonyl (C=O) groups is 2. The number of aryl methyl sites for hydroxylation is 1. The SMILES string of the molecule is CCOc1ccc(C2C(=C(O)c3ccc(C)cc3)C(=O)C(=O)N2c2nnc(SCc3ccccc3)s2)cc1OCC. The van der Waals surface area contributed by atoms with Gasteiger partial charge in [0.2, 0.25) is 5.13 Å². The monoisotopic (exact) mass is 587 g/mol. The topological polar surface area (TPSA) is 102 Å². The van der Waals surface area contributed by atoms with E-state index in [1.807, 2.05) is 63.2 Å².